The molecule has 2 heterocycles. The molecule has 0 aromatic heterocycles. The SMILES string of the molecule is C[C@H]1Oc2ccccc2O[C@H]1C(=O)N1C[C@H]2CCC[C@@H](C1)C2O. The minimum atomic E-state index is -0.610. The molecule has 1 unspecified atom stereocenters. The second-order valence-corrected chi connectivity index (χ2v) is 6.99. The number of benzene rings is 1. The summed E-state index contributed by atoms with van der Waals surface area (Å²) in [4.78, 5) is 14.8. The summed E-state index contributed by atoms with van der Waals surface area (Å²) in [5, 5.41) is 10.3. The quantitative estimate of drug-likeness (QED) is 0.858. The van der Waals surface area contributed by atoms with E-state index in [2.05, 4.69) is 0 Å². The average Bonchev–Trinajstić information content (AvgIpc) is 2.53. The number of carbonyl (C=O) groups excluding carboxylic acids is 1. The molecule has 5 heteroatoms. The van der Waals surface area contributed by atoms with Crippen LogP contribution in [0.25, 0.3) is 0 Å². The van der Waals surface area contributed by atoms with Crippen molar-refractivity contribution in [3.05, 3.63) is 24.3 Å². The Hall–Kier alpha value is -1.75. The largest absolute Gasteiger partial charge is 0.482 e. The number of hydrogen-bond acceptors (Lipinski definition) is 4. The van der Waals surface area contributed by atoms with E-state index in [1.807, 2.05) is 36.1 Å². The molecular formula is C18H23NO4. The zero-order chi connectivity index (χ0) is 16.0. The summed E-state index contributed by atoms with van der Waals surface area (Å²) in [7, 11) is 0. The number of hydrogen-bond donors (Lipinski definition) is 1. The van der Waals surface area contributed by atoms with Gasteiger partial charge in [-0.25, -0.2) is 0 Å². The second-order valence-electron chi connectivity index (χ2n) is 6.99. The number of ether oxygens (including phenoxy) is 2. The molecule has 0 spiro atoms. The van der Waals surface area contributed by atoms with E-state index in [-0.39, 0.29) is 30.0 Å². The monoisotopic (exact) mass is 317 g/mol. The Morgan fingerprint density at radius 2 is 1.74 bits per heavy atom. The number of rotatable bonds is 1. The number of para-hydroxylation sites is 2. The molecule has 2 fully saturated rings. The Morgan fingerprint density at radius 1 is 1.13 bits per heavy atom. The number of aliphatic hydroxyl groups excluding tert-OH is 1. The van der Waals surface area contributed by atoms with Gasteiger partial charge in [-0.3, -0.25) is 4.79 Å². The third-order valence-electron chi connectivity index (χ3n) is 5.42. The molecule has 1 saturated heterocycles. The van der Waals surface area contributed by atoms with E-state index in [4.69, 9.17) is 9.47 Å². The zero-order valence-electron chi connectivity index (χ0n) is 13.4. The van der Waals surface area contributed by atoms with Gasteiger partial charge in [-0.05, 0) is 31.9 Å². The van der Waals surface area contributed by atoms with Gasteiger partial charge < -0.3 is 19.5 Å². The van der Waals surface area contributed by atoms with Crippen LogP contribution in [0.3, 0.4) is 0 Å². The molecule has 1 saturated carbocycles. The van der Waals surface area contributed by atoms with E-state index in [0.717, 1.165) is 19.3 Å². The van der Waals surface area contributed by atoms with Gasteiger partial charge in [0.1, 0.15) is 6.10 Å². The predicted octanol–water partition coefficient (Wildman–Crippen LogP) is 1.83. The van der Waals surface area contributed by atoms with E-state index in [9.17, 15) is 9.90 Å². The fourth-order valence-electron chi connectivity index (χ4n) is 4.16. The van der Waals surface area contributed by atoms with E-state index in [0.29, 0.717) is 24.6 Å². The number of nitrogens with zero attached hydrogens (tertiary/aromatic N) is 1. The molecule has 1 amide bonds. The fraction of sp³-hybridized carbons (Fsp3) is 0.611. The summed E-state index contributed by atoms with van der Waals surface area (Å²) >= 11 is 0. The highest BCUT2D eigenvalue weighted by atomic mass is 16.6. The van der Waals surface area contributed by atoms with Crippen LogP contribution in [0.1, 0.15) is 26.2 Å². The van der Waals surface area contributed by atoms with Crippen LogP contribution in [0.4, 0.5) is 0 Å². The third-order valence-corrected chi connectivity index (χ3v) is 5.42. The first-order chi connectivity index (χ1) is 11.1. The molecule has 2 bridgehead atoms. The van der Waals surface area contributed by atoms with Gasteiger partial charge in [0, 0.05) is 24.9 Å². The highest BCUT2D eigenvalue weighted by Gasteiger charge is 2.44. The number of aliphatic hydroxyl groups is 1. The number of fused-ring (bicyclic) bond motifs is 3. The van der Waals surface area contributed by atoms with Crippen molar-refractivity contribution in [2.45, 2.75) is 44.5 Å². The molecule has 1 aromatic rings. The highest BCUT2D eigenvalue weighted by molar-refractivity contribution is 5.82. The van der Waals surface area contributed by atoms with E-state index in [1.165, 1.54) is 0 Å². The van der Waals surface area contributed by atoms with Crippen LogP contribution in [0, 0.1) is 11.8 Å². The number of amides is 1. The topological polar surface area (TPSA) is 59.0 Å². The normalized spacial score (nSPS) is 35.7. The number of likely N-dealkylation sites (tertiary alicyclic amines) is 1. The van der Waals surface area contributed by atoms with E-state index in [1.54, 1.807) is 0 Å². The maximum atomic E-state index is 13.0. The molecular weight excluding hydrogens is 294 g/mol. The maximum absolute atomic E-state index is 13.0. The standard InChI is InChI=1S/C18H23NO4/c1-11-17(23-15-8-3-2-7-14(15)22-11)18(21)19-9-12-5-4-6-13(10-19)16(12)20/h2-3,7-8,11-13,16-17,20H,4-6,9-10H2,1H3/t11-,12-,13+,16?,17-/m1/s1. The molecule has 3 aliphatic rings. The van der Waals surface area contributed by atoms with Crippen LogP contribution in [-0.4, -0.2) is 47.3 Å². The molecule has 1 N–H and O–H groups in total. The molecule has 23 heavy (non-hydrogen) atoms. The lowest BCUT2D eigenvalue weighted by atomic mass is 9.75. The Bertz CT molecular complexity index is 590. The minimum Gasteiger partial charge on any atom is -0.482 e. The summed E-state index contributed by atoms with van der Waals surface area (Å²) in [6.07, 6.45) is 1.98. The molecule has 1 aromatic carbocycles. The van der Waals surface area contributed by atoms with Gasteiger partial charge in [-0.2, -0.15) is 0 Å². The second kappa shape index (κ2) is 5.71. The number of carbonyl (C=O) groups is 1. The first-order valence-corrected chi connectivity index (χ1v) is 8.52. The van der Waals surface area contributed by atoms with Crippen LogP contribution in [0.5, 0.6) is 11.5 Å². The fourth-order valence-corrected chi connectivity index (χ4v) is 4.16. The van der Waals surface area contributed by atoms with Crippen LogP contribution in [0.2, 0.25) is 0 Å². The van der Waals surface area contributed by atoms with E-state index >= 15 is 0 Å². The molecule has 5 atom stereocenters. The van der Waals surface area contributed by atoms with Crippen molar-refractivity contribution in [2.24, 2.45) is 11.8 Å². The highest BCUT2D eigenvalue weighted by Crippen LogP contribution is 2.37. The summed E-state index contributed by atoms with van der Waals surface area (Å²) in [5.74, 6) is 1.71. The van der Waals surface area contributed by atoms with Crippen LogP contribution in [0.15, 0.2) is 24.3 Å². The lowest BCUT2D eigenvalue weighted by molar-refractivity contribution is -0.152. The van der Waals surface area contributed by atoms with Gasteiger partial charge in [-0.1, -0.05) is 18.6 Å². The van der Waals surface area contributed by atoms with Gasteiger partial charge in [0.15, 0.2) is 11.5 Å². The van der Waals surface area contributed by atoms with Gasteiger partial charge in [0.05, 0.1) is 6.10 Å². The van der Waals surface area contributed by atoms with Gasteiger partial charge >= 0.3 is 0 Å². The third kappa shape index (κ3) is 2.57. The summed E-state index contributed by atoms with van der Waals surface area (Å²) < 4.78 is 11.8. The first kappa shape index (κ1) is 14.8. The Balaban J connectivity index is 1.51. The molecule has 5 nitrogen and oxygen atoms in total. The maximum Gasteiger partial charge on any atom is 0.267 e. The summed E-state index contributed by atoms with van der Waals surface area (Å²) in [5.41, 5.74) is 0. The minimum absolute atomic E-state index is 0.0178. The molecule has 2 aliphatic heterocycles. The van der Waals surface area contributed by atoms with E-state index < -0.39 is 6.10 Å². The number of piperidine rings is 1. The van der Waals surface area contributed by atoms with Crippen LogP contribution >= 0.6 is 0 Å². The van der Waals surface area contributed by atoms with Crippen molar-refractivity contribution in [1.29, 1.82) is 0 Å². The Kier molecular flexibility index (Phi) is 3.68. The van der Waals surface area contributed by atoms with Crippen LogP contribution < -0.4 is 9.47 Å². The van der Waals surface area contributed by atoms with Gasteiger partial charge in [0.2, 0.25) is 6.10 Å². The average molecular weight is 317 g/mol. The molecule has 4 rings (SSSR count). The van der Waals surface area contributed by atoms with Crippen molar-refractivity contribution in [2.75, 3.05) is 13.1 Å². The molecule has 124 valence electrons. The van der Waals surface area contributed by atoms with Gasteiger partial charge in [0.25, 0.3) is 5.91 Å². The van der Waals surface area contributed by atoms with Crippen molar-refractivity contribution >= 4 is 5.91 Å². The Labute approximate surface area is 136 Å². The molecule has 0 radical (unpaired) electrons. The first-order valence-electron chi connectivity index (χ1n) is 8.52. The predicted molar refractivity (Wildman–Crippen MR) is 84.4 cm³/mol. The zero-order valence-corrected chi connectivity index (χ0v) is 13.4. The van der Waals surface area contributed by atoms with Crippen molar-refractivity contribution in [3.63, 3.8) is 0 Å². The Morgan fingerprint density at radius 3 is 2.39 bits per heavy atom. The van der Waals surface area contributed by atoms with Crippen molar-refractivity contribution in [3.8, 4) is 11.5 Å². The summed E-state index contributed by atoms with van der Waals surface area (Å²) in [6.45, 7) is 3.13. The smallest absolute Gasteiger partial charge is 0.267 e. The lowest BCUT2D eigenvalue weighted by Crippen LogP contribution is -2.58. The lowest BCUT2D eigenvalue weighted by Gasteiger charge is -2.46. The summed E-state index contributed by atoms with van der Waals surface area (Å²) in [6, 6.07) is 7.45. The van der Waals surface area contributed by atoms with Crippen LogP contribution in [-0.2, 0) is 4.79 Å². The van der Waals surface area contributed by atoms with Crippen molar-refractivity contribution in [1.82, 2.24) is 4.90 Å². The molecule has 1 aliphatic carbocycles. The van der Waals surface area contributed by atoms with Gasteiger partial charge in [-0.15, -0.1) is 0 Å². The van der Waals surface area contributed by atoms with Crippen molar-refractivity contribution < 1.29 is 19.4 Å².